The van der Waals surface area contributed by atoms with Crippen LogP contribution < -0.4 is 0 Å². The van der Waals surface area contributed by atoms with Gasteiger partial charge in [0.2, 0.25) is 6.17 Å². The predicted molar refractivity (Wildman–Crippen MR) is 57.9 cm³/mol. The molecule has 0 aliphatic heterocycles. The average Bonchev–Trinajstić information content (AvgIpc) is 2.27. The van der Waals surface area contributed by atoms with Gasteiger partial charge in [-0.2, -0.15) is 0 Å². The first-order chi connectivity index (χ1) is 7.41. The molecule has 0 saturated heterocycles. The van der Waals surface area contributed by atoms with Gasteiger partial charge in [0.05, 0.1) is 0 Å². The lowest BCUT2D eigenvalue weighted by atomic mass is 9.86. The Balaban J connectivity index is 3.14. The minimum atomic E-state index is -2.32. The molecule has 88 valence electrons. The molecular formula is C12H15FO3. The Bertz CT molecular complexity index is 374. The van der Waals surface area contributed by atoms with Crippen molar-refractivity contribution in [3.05, 3.63) is 35.4 Å². The van der Waals surface area contributed by atoms with Crippen molar-refractivity contribution in [2.45, 2.75) is 32.0 Å². The van der Waals surface area contributed by atoms with Crippen LogP contribution in [0.4, 0.5) is 4.39 Å². The normalized spacial score (nSPS) is 16.5. The maximum Gasteiger partial charge on any atom is 0.341 e. The molecule has 0 bridgehead atoms. The van der Waals surface area contributed by atoms with Crippen LogP contribution in [0.25, 0.3) is 0 Å². The van der Waals surface area contributed by atoms with E-state index in [1.807, 2.05) is 6.92 Å². The summed E-state index contributed by atoms with van der Waals surface area (Å²) in [6, 6.07) is 6.53. The number of alkyl halides is 1. The van der Waals surface area contributed by atoms with E-state index in [4.69, 9.17) is 5.11 Å². The molecule has 2 N–H and O–H groups in total. The quantitative estimate of drug-likeness (QED) is 0.825. The van der Waals surface area contributed by atoms with Gasteiger partial charge in [-0.1, -0.05) is 36.8 Å². The molecule has 0 heterocycles. The fourth-order valence-corrected chi connectivity index (χ4v) is 1.58. The molecule has 2 atom stereocenters. The van der Waals surface area contributed by atoms with E-state index in [-0.39, 0.29) is 12.0 Å². The Kier molecular flexibility index (Phi) is 3.65. The van der Waals surface area contributed by atoms with E-state index in [0.717, 1.165) is 5.56 Å². The van der Waals surface area contributed by atoms with Gasteiger partial charge in [0.1, 0.15) is 5.60 Å². The van der Waals surface area contributed by atoms with Crippen molar-refractivity contribution >= 4 is 5.97 Å². The van der Waals surface area contributed by atoms with Crippen LogP contribution in [0.15, 0.2) is 24.3 Å². The number of aliphatic hydroxyl groups is 1. The topological polar surface area (TPSA) is 57.5 Å². The van der Waals surface area contributed by atoms with Crippen LogP contribution in [0.1, 0.15) is 24.5 Å². The highest BCUT2D eigenvalue weighted by Gasteiger charge is 2.42. The Hall–Kier alpha value is -1.42. The first-order valence-corrected chi connectivity index (χ1v) is 5.08. The highest BCUT2D eigenvalue weighted by Crippen LogP contribution is 2.31. The lowest BCUT2D eigenvalue weighted by Crippen LogP contribution is -2.41. The maximum absolute atomic E-state index is 13.5. The predicted octanol–water partition coefficient (Wildman–Crippen LogP) is 2.02. The lowest BCUT2D eigenvalue weighted by Gasteiger charge is -2.28. The van der Waals surface area contributed by atoms with Crippen molar-refractivity contribution in [3.8, 4) is 0 Å². The SMILES string of the molecule is CCC(O)(c1ccc(C)cc1)C(F)C(=O)O. The molecule has 0 aliphatic rings. The summed E-state index contributed by atoms with van der Waals surface area (Å²) >= 11 is 0. The number of carboxylic acid groups (broad SMARTS) is 1. The molecule has 1 aromatic carbocycles. The zero-order valence-corrected chi connectivity index (χ0v) is 9.27. The Labute approximate surface area is 93.5 Å². The Morgan fingerprint density at radius 1 is 1.44 bits per heavy atom. The van der Waals surface area contributed by atoms with Crippen molar-refractivity contribution in [3.63, 3.8) is 0 Å². The fraction of sp³-hybridized carbons (Fsp3) is 0.417. The zero-order valence-electron chi connectivity index (χ0n) is 9.27. The van der Waals surface area contributed by atoms with E-state index >= 15 is 0 Å². The van der Waals surface area contributed by atoms with Crippen LogP contribution in [0.3, 0.4) is 0 Å². The zero-order chi connectivity index (χ0) is 12.3. The Morgan fingerprint density at radius 2 is 1.94 bits per heavy atom. The van der Waals surface area contributed by atoms with Crippen LogP contribution in [-0.2, 0) is 10.4 Å². The van der Waals surface area contributed by atoms with Gasteiger partial charge in [0, 0.05) is 0 Å². The van der Waals surface area contributed by atoms with Crippen molar-refractivity contribution in [1.82, 2.24) is 0 Å². The van der Waals surface area contributed by atoms with Crippen LogP contribution in [-0.4, -0.2) is 22.4 Å². The molecule has 4 heteroatoms. The van der Waals surface area contributed by atoms with E-state index in [2.05, 4.69) is 0 Å². The van der Waals surface area contributed by atoms with Crippen molar-refractivity contribution in [1.29, 1.82) is 0 Å². The van der Waals surface area contributed by atoms with Crippen LogP contribution in [0.5, 0.6) is 0 Å². The second-order valence-corrected chi connectivity index (χ2v) is 3.84. The average molecular weight is 226 g/mol. The van der Waals surface area contributed by atoms with E-state index in [1.165, 1.54) is 0 Å². The molecule has 16 heavy (non-hydrogen) atoms. The largest absolute Gasteiger partial charge is 0.479 e. The van der Waals surface area contributed by atoms with Gasteiger partial charge in [-0.15, -0.1) is 0 Å². The molecule has 0 saturated carbocycles. The highest BCUT2D eigenvalue weighted by molar-refractivity contribution is 5.74. The second kappa shape index (κ2) is 4.61. The number of hydrogen-bond acceptors (Lipinski definition) is 2. The van der Waals surface area contributed by atoms with E-state index in [1.54, 1.807) is 31.2 Å². The van der Waals surface area contributed by atoms with Gasteiger partial charge in [-0.3, -0.25) is 0 Å². The summed E-state index contributed by atoms with van der Waals surface area (Å²) < 4.78 is 13.5. The summed E-state index contributed by atoms with van der Waals surface area (Å²) in [5.41, 5.74) is -0.706. The van der Waals surface area contributed by atoms with Crippen LogP contribution in [0, 0.1) is 6.92 Å². The maximum atomic E-state index is 13.5. The summed E-state index contributed by atoms with van der Waals surface area (Å²) in [5.74, 6) is -1.65. The third-order valence-electron chi connectivity index (χ3n) is 2.73. The van der Waals surface area contributed by atoms with Crippen molar-refractivity contribution in [2.24, 2.45) is 0 Å². The third-order valence-corrected chi connectivity index (χ3v) is 2.73. The minimum absolute atomic E-state index is 0.00350. The number of rotatable bonds is 4. The van der Waals surface area contributed by atoms with Gasteiger partial charge in [-0.05, 0) is 18.9 Å². The number of carbonyl (C=O) groups is 1. The van der Waals surface area contributed by atoms with Gasteiger partial charge in [-0.25, -0.2) is 9.18 Å². The molecule has 2 unspecified atom stereocenters. The molecule has 0 fully saturated rings. The number of benzene rings is 1. The van der Waals surface area contributed by atoms with Gasteiger partial charge >= 0.3 is 5.97 Å². The van der Waals surface area contributed by atoms with E-state index in [9.17, 15) is 14.3 Å². The van der Waals surface area contributed by atoms with E-state index in [0.29, 0.717) is 0 Å². The van der Waals surface area contributed by atoms with Crippen LogP contribution in [0.2, 0.25) is 0 Å². The number of carboxylic acids is 1. The fourth-order valence-electron chi connectivity index (χ4n) is 1.58. The molecule has 0 amide bonds. The molecule has 3 nitrogen and oxygen atoms in total. The summed E-state index contributed by atoms with van der Waals surface area (Å²) in [5, 5.41) is 18.7. The Morgan fingerprint density at radius 3 is 2.31 bits per heavy atom. The lowest BCUT2D eigenvalue weighted by molar-refractivity contribution is -0.155. The minimum Gasteiger partial charge on any atom is -0.479 e. The number of aliphatic carboxylic acids is 1. The number of halogens is 1. The standard InChI is InChI=1S/C12H15FO3/c1-3-12(16,10(13)11(14)15)9-6-4-8(2)5-7-9/h4-7,10,16H,3H2,1-2H3,(H,14,15). The summed E-state index contributed by atoms with van der Waals surface area (Å²) in [7, 11) is 0. The smallest absolute Gasteiger partial charge is 0.341 e. The molecule has 0 aromatic heterocycles. The highest BCUT2D eigenvalue weighted by atomic mass is 19.1. The summed E-state index contributed by atoms with van der Waals surface area (Å²) in [6.07, 6.45) is -2.32. The monoisotopic (exact) mass is 226 g/mol. The van der Waals surface area contributed by atoms with Gasteiger partial charge in [0.15, 0.2) is 0 Å². The van der Waals surface area contributed by atoms with Crippen molar-refractivity contribution in [2.75, 3.05) is 0 Å². The van der Waals surface area contributed by atoms with Crippen LogP contribution >= 0.6 is 0 Å². The molecule has 0 spiro atoms. The van der Waals surface area contributed by atoms with Gasteiger partial charge in [0.25, 0.3) is 0 Å². The number of hydrogen-bond donors (Lipinski definition) is 2. The third kappa shape index (κ3) is 2.22. The first kappa shape index (κ1) is 12.6. The number of aryl methyl sites for hydroxylation is 1. The molecule has 1 rings (SSSR count). The first-order valence-electron chi connectivity index (χ1n) is 5.08. The molecular weight excluding hydrogens is 211 g/mol. The molecule has 0 aliphatic carbocycles. The van der Waals surface area contributed by atoms with Gasteiger partial charge < -0.3 is 10.2 Å². The van der Waals surface area contributed by atoms with Crippen molar-refractivity contribution < 1.29 is 19.4 Å². The van der Waals surface area contributed by atoms with E-state index < -0.39 is 17.7 Å². The second-order valence-electron chi connectivity index (χ2n) is 3.84. The molecule has 0 radical (unpaired) electrons. The summed E-state index contributed by atoms with van der Waals surface area (Å²) in [6.45, 7) is 3.41. The summed E-state index contributed by atoms with van der Waals surface area (Å²) in [4.78, 5) is 10.6. The molecule has 1 aromatic rings.